The average molecular weight is 289 g/mol. The lowest BCUT2D eigenvalue weighted by Crippen LogP contribution is -2.56. The molecular weight excluding hydrogens is 282 g/mol. The highest BCUT2D eigenvalue weighted by Gasteiger charge is 2.48. The van der Waals surface area contributed by atoms with E-state index >= 15 is 0 Å². The van der Waals surface area contributed by atoms with Gasteiger partial charge in [0.1, 0.15) is 0 Å². The number of amides is 2. The number of rotatable bonds is 5. The van der Waals surface area contributed by atoms with Crippen LogP contribution in [0.3, 0.4) is 0 Å². The van der Waals surface area contributed by atoms with Crippen molar-refractivity contribution >= 4 is 38.7 Å². The van der Waals surface area contributed by atoms with Gasteiger partial charge in [-0.2, -0.15) is 14.0 Å². The molecule has 20 heavy (non-hydrogen) atoms. The second-order valence-corrected chi connectivity index (χ2v) is 5.54. The first-order chi connectivity index (χ1) is 9.61. The van der Waals surface area contributed by atoms with Crippen LogP contribution in [0.15, 0.2) is 44.3 Å². The summed E-state index contributed by atoms with van der Waals surface area (Å²) in [6.45, 7) is 0. The molecule has 100 valence electrons. The molecule has 2 N–H and O–H groups in total. The van der Waals surface area contributed by atoms with Crippen molar-refractivity contribution in [3.8, 4) is 0 Å². The molecule has 0 radical (unpaired) electrons. The number of hydrogen-bond acceptors (Lipinski definition) is 7. The highest BCUT2D eigenvalue weighted by molar-refractivity contribution is 6.83. The summed E-state index contributed by atoms with van der Waals surface area (Å²) in [6.07, 6.45) is 3.38. The van der Waals surface area contributed by atoms with E-state index < -0.39 is 14.8 Å². The van der Waals surface area contributed by atoms with Crippen molar-refractivity contribution in [1.82, 2.24) is 0 Å². The zero-order valence-electron chi connectivity index (χ0n) is 9.89. The second-order valence-electron chi connectivity index (χ2n) is 3.22. The molecule has 0 aliphatic heterocycles. The van der Waals surface area contributed by atoms with Gasteiger partial charge in [0, 0.05) is 5.69 Å². The zero-order valence-corrected chi connectivity index (χ0v) is 10.9. The Morgan fingerprint density at radius 3 is 1.80 bits per heavy atom. The molecule has 1 rings (SSSR count). The number of nitrogens with zero attached hydrogens (tertiary/aromatic N) is 4. The van der Waals surface area contributed by atoms with Crippen molar-refractivity contribution in [1.29, 1.82) is 0 Å². The molecule has 0 aliphatic rings. The normalized spacial score (nSPS) is 11.8. The third-order valence-corrected chi connectivity index (χ3v) is 4.37. The van der Waals surface area contributed by atoms with E-state index in [4.69, 9.17) is 5.73 Å². The molecule has 0 bridgehead atoms. The molecule has 0 unspecified atom stereocenters. The van der Waals surface area contributed by atoms with Crippen LogP contribution in [0.1, 0.15) is 0 Å². The van der Waals surface area contributed by atoms with Crippen LogP contribution >= 0.6 is 0 Å². The van der Waals surface area contributed by atoms with Crippen molar-refractivity contribution in [2.45, 2.75) is 0 Å². The molecule has 2 amide bonds. The van der Waals surface area contributed by atoms with Gasteiger partial charge in [-0.3, -0.25) is 4.57 Å². The monoisotopic (exact) mass is 289 g/mol. The molecule has 0 saturated carbocycles. The predicted octanol–water partition coefficient (Wildman–Crippen LogP) is 0.0147. The lowest BCUT2D eigenvalue weighted by atomic mass is 10.3. The van der Waals surface area contributed by atoms with E-state index in [1.807, 2.05) is 0 Å². The van der Waals surface area contributed by atoms with Gasteiger partial charge in [-0.15, -0.1) is 0 Å². The number of urea groups is 1. The van der Waals surface area contributed by atoms with E-state index in [1.165, 1.54) is 12.1 Å². The molecule has 10 heteroatoms. The maximum Gasteiger partial charge on any atom is 0.599 e. The SMILES string of the molecule is NC(=O)N(c1ccccc1)[Si](N=C=O)(N=C=O)N=C=O. The Labute approximate surface area is 113 Å². The zero-order chi connectivity index (χ0) is 15.0. The summed E-state index contributed by atoms with van der Waals surface area (Å²) in [7, 11) is -4.27. The number of para-hydroxylation sites is 1. The highest BCUT2D eigenvalue weighted by Crippen LogP contribution is 2.23. The number of primary amides is 1. The van der Waals surface area contributed by atoms with Gasteiger partial charge in [-0.25, -0.2) is 19.2 Å². The van der Waals surface area contributed by atoms with E-state index in [9.17, 15) is 19.2 Å². The molecule has 0 heterocycles. The number of carbonyl (C=O) groups excluding carboxylic acids is 4. The van der Waals surface area contributed by atoms with Crippen molar-refractivity contribution in [2.75, 3.05) is 4.57 Å². The summed E-state index contributed by atoms with van der Waals surface area (Å²) in [6, 6.07) is 6.55. The van der Waals surface area contributed by atoms with Crippen molar-refractivity contribution in [3.63, 3.8) is 0 Å². The Balaban J connectivity index is 3.63. The number of nitrogens with two attached hydrogens (primary N) is 1. The summed E-state index contributed by atoms with van der Waals surface area (Å²) >= 11 is 0. The van der Waals surface area contributed by atoms with Gasteiger partial charge in [0.15, 0.2) is 0 Å². The van der Waals surface area contributed by atoms with E-state index in [1.54, 1.807) is 18.2 Å². The predicted molar refractivity (Wildman–Crippen MR) is 68.6 cm³/mol. The van der Waals surface area contributed by atoms with Crippen molar-refractivity contribution < 1.29 is 19.2 Å². The summed E-state index contributed by atoms with van der Waals surface area (Å²) < 4.78 is 10.4. The molecule has 1 aromatic rings. The van der Waals surface area contributed by atoms with E-state index in [0.29, 0.717) is 4.57 Å². The summed E-state index contributed by atoms with van der Waals surface area (Å²) in [4.78, 5) is 43.1. The maximum atomic E-state index is 11.6. The first-order valence-corrected chi connectivity index (χ1v) is 6.82. The molecule has 0 aliphatic carbocycles. The highest BCUT2D eigenvalue weighted by atomic mass is 28.4. The lowest BCUT2D eigenvalue weighted by molar-refractivity contribution is 0.256. The van der Waals surface area contributed by atoms with Gasteiger partial charge in [0.25, 0.3) is 0 Å². The molecule has 0 atom stereocenters. The maximum absolute atomic E-state index is 11.6. The van der Waals surface area contributed by atoms with Gasteiger partial charge in [0.05, 0.1) is 0 Å². The first-order valence-electron chi connectivity index (χ1n) is 5.03. The van der Waals surface area contributed by atoms with Crippen LogP contribution in [-0.4, -0.2) is 33.0 Å². The van der Waals surface area contributed by atoms with Gasteiger partial charge < -0.3 is 5.73 Å². The first kappa shape index (κ1) is 14.9. The summed E-state index contributed by atoms with van der Waals surface area (Å²) in [5, 5.41) is 0. The molecule has 0 spiro atoms. The number of anilines is 1. The van der Waals surface area contributed by atoms with Crippen LogP contribution in [-0.2, 0) is 14.4 Å². The van der Waals surface area contributed by atoms with Crippen LogP contribution in [0.25, 0.3) is 0 Å². The van der Waals surface area contributed by atoms with E-state index in [0.717, 1.165) is 18.2 Å². The van der Waals surface area contributed by atoms with Crippen LogP contribution in [0, 0.1) is 0 Å². The van der Waals surface area contributed by atoms with Gasteiger partial charge >= 0.3 is 14.8 Å². The third-order valence-electron chi connectivity index (χ3n) is 2.12. The van der Waals surface area contributed by atoms with Gasteiger partial charge in [-0.05, 0) is 12.1 Å². The average Bonchev–Trinajstić information content (AvgIpc) is 2.40. The van der Waals surface area contributed by atoms with E-state index in [2.05, 4.69) is 14.0 Å². The lowest BCUT2D eigenvalue weighted by Gasteiger charge is -2.26. The number of hydrogen-bond donors (Lipinski definition) is 1. The number of benzene rings is 1. The van der Waals surface area contributed by atoms with Gasteiger partial charge in [0.2, 0.25) is 18.2 Å². The third kappa shape index (κ3) is 2.99. The molecule has 0 saturated heterocycles. The standard InChI is InChI=1S/C10H7N5O4Si/c11-10(19)15(9-4-2-1-3-5-9)20(12-6-16,13-7-17)14-8-18/h1-5H,(H2,11,19). The number of carbonyl (C=O) groups is 1. The second kappa shape index (κ2) is 6.69. The minimum atomic E-state index is -4.27. The van der Waals surface area contributed by atoms with Crippen LogP contribution < -0.4 is 10.3 Å². The Morgan fingerprint density at radius 2 is 1.45 bits per heavy atom. The van der Waals surface area contributed by atoms with Crippen LogP contribution in [0.4, 0.5) is 10.5 Å². The topological polar surface area (TPSA) is 135 Å². The summed E-state index contributed by atoms with van der Waals surface area (Å²) in [5.41, 5.74) is 5.35. The Kier molecular flexibility index (Phi) is 4.99. The quantitative estimate of drug-likeness (QED) is 0.464. The Bertz CT molecular complexity index is 599. The fourth-order valence-electron chi connectivity index (χ4n) is 1.43. The molecule has 9 nitrogen and oxygen atoms in total. The molecular formula is C10H7N5O4Si. The minimum Gasteiger partial charge on any atom is -0.352 e. The number of isocyanates is 3. The fraction of sp³-hybridized carbons (Fsp3) is 0. The van der Waals surface area contributed by atoms with Crippen molar-refractivity contribution in [2.24, 2.45) is 19.7 Å². The van der Waals surface area contributed by atoms with Crippen molar-refractivity contribution in [3.05, 3.63) is 30.3 Å². The molecule has 0 fully saturated rings. The fourth-order valence-corrected chi connectivity index (χ4v) is 3.04. The smallest absolute Gasteiger partial charge is 0.352 e. The van der Waals surface area contributed by atoms with Crippen LogP contribution in [0.5, 0.6) is 0 Å². The summed E-state index contributed by atoms with van der Waals surface area (Å²) in [5.74, 6) is 0. The largest absolute Gasteiger partial charge is 0.599 e. The van der Waals surface area contributed by atoms with E-state index in [-0.39, 0.29) is 5.69 Å². The Hall–Kier alpha value is -3.15. The molecule has 0 aromatic heterocycles. The van der Waals surface area contributed by atoms with Crippen LogP contribution in [0.2, 0.25) is 0 Å². The molecule has 1 aromatic carbocycles. The van der Waals surface area contributed by atoms with Gasteiger partial charge in [-0.1, -0.05) is 18.2 Å². The minimum absolute atomic E-state index is 0.156. The Morgan fingerprint density at radius 1 is 1.00 bits per heavy atom.